The molecular formula is C21H19F2N3O3S. The minimum Gasteiger partial charge on any atom is -0.373 e. The topological polar surface area (TPSA) is 65.6 Å². The molecule has 0 unspecified atom stereocenters. The monoisotopic (exact) mass is 431 g/mol. The van der Waals surface area contributed by atoms with Gasteiger partial charge < -0.3 is 19.5 Å². The summed E-state index contributed by atoms with van der Waals surface area (Å²) in [5, 5.41) is 4.42. The molecule has 0 saturated carbocycles. The number of amides is 1. The van der Waals surface area contributed by atoms with Crippen LogP contribution in [-0.4, -0.2) is 42.5 Å². The molecule has 5 rings (SSSR count). The third-order valence-corrected chi connectivity index (χ3v) is 6.63. The maximum absolute atomic E-state index is 14.0. The van der Waals surface area contributed by atoms with Gasteiger partial charge in [0.15, 0.2) is 11.6 Å². The molecular weight excluding hydrogens is 412 g/mol. The molecule has 0 radical (unpaired) electrons. The molecule has 1 fully saturated rings. The fourth-order valence-electron chi connectivity index (χ4n) is 4.27. The van der Waals surface area contributed by atoms with Crippen molar-refractivity contribution < 1.29 is 18.3 Å². The molecule has 0 aliphatic carbocycles. The summed E-state index contributed by atoms with van der Waals surface area (Å²) in [6.07, 6.45) is 0. The molecule has 9 heteroatoms. The standard InChI is InChI=1S/C21H19F2N3O3S/c1-25(21(28)11-6-26(7-11)12-2-3-30-10-12)18-9-29-8-17-19(18)13-4-15(22)16(23)5-14(13)20(27)24-17/h2-5,10-11,18H,6-9H2,1H3,(H,24,27)/t18-/m1/s1. The number of hydrogen-bond donors (Lipinski definition) is 1. The second-order valence-electron chi connectivity index (χ2n) is 7.72. The van der Waals surface area contributed by atoms with E-state index < -0.39 is 23.2 Å². The van der Waals surface area contributed by atoms with Crippen LogP contribution in [0.5, 0.6) is 0 Å². The lowest BCUT2D eigenvalue weighted by Crippen LogP contribution is -2.55. The fraction of sp³-hybridized carbons (Fsp3) is 0.333. The molecule has 0 spiro atoms. The Balaban J connectivity index is 1.47. The number of carbonyl (C=O) groups is 1. The molecule has 0 bridgehead atoms. The van der Waals surface area contributed by atoms with Crippen LogP contribution in [0.1, 0.15) is 17.3 Å². The molecule has 3 aromatic rings. The number of nitrogens with zero attached hydrogens (tertiary/aromatic N) is 2. The van der Waals surface area contributed by atoms with Crippen LogP contribution in [0.4, 0.5) is 14.5 Å². The highest BCUT2D eigenvalue weighted by atomic mass is 32.1. The lowest BCUT2D eigenvalue weighted by Gasteiger charge is -2.43. The van der Waals surface area contributed by atoms with Crippen molar-refractivity contribution in [2.45, 2.75) is 12.6 Å². The molecule has 2 aliphatic heterocycles. The molecule has 6 nitrogen and oxygen atoms in total. The van der Waals surface area contributed by atoms with Gasteiger partial charge in [0.2, 0.25) is 5.91 Å². The van der Waals surface area contributed by atoms with Crippen molar-refractivity contribution in [1.29, 1.82) is 0 Å². The second-order valence-corrected chi connectivity index (χ2v) is 8.50. The van der Waals surface area contributed by atoms with Gasteiger partial charge in [-0.3, -0.25) is 9.59 Å². The number of fused-ring (bicyclic) bond motifs is 3. The van der Waals surface area contributed by atoms with Gasteiger partial charge >= 0.3 is 0 Å². The molecule has 4 heterocycles. The van der Waals surface area contributed by atoms with E-state index in [2.05, 4.69) is 9.88 Å². The number of thiophene rings is 1. The minimum absolute atomic E-state index is 0.0372. The first kappa shape index (κ1) is 19.2. The van der Waals surface area contributed by atoms with Crippen LogP contribution in [-0.2, 0) is 16.1 Å². The van der Waals surface area contributed by atoms with Crippen LogP contribution >= 0.6 is 11.3 Å². The Labute approximate surface area is 174 Å². The Morgan fingerprint density at radius 3 is 2.70 bits per heavy atom. The van der Waals surface area contributed by atoms with E-state index in [1.54, 1.807) is 23.3 Å². The molecule has 1 saturated heterocycles. The number of likely N-dealkylation sites (N-methyl/N-ethyl adjacent to an activating group) is 1. The highest BCUT2D eigenvalue weighted by Crippen LogP contribution is 2.35. The highest BCUT2D eigenvalue weighted by Gasteiger charge is 2.38. The number of nitrogens with one attached hydrogen (secondary N) is 1. The average molecular weight is 431 g/mol. The van der Waals surface area contributed by atoms with Gasteiger partial charge in [-0.05, 0) is 29.0 Å². The number of rotatable bonds is 3. The van der Waals surface area contributed by atoms with Gasteiger partial charge in [0, 0.05) is 42.5 Å². The van der Waals surface area contributed by atoms with E-state index >= 15 is 0 Å². The fourth-order valence-corrected chi connectivity index (χ4v) is 4.94. The summed E-state index contributed by atoms with van der Waals surface area (Å²) < 4.78 is 33.3. The number of pyridine rings is 1. The summed E-state index contributed by atoms with van der Waals surface area (Å²) in [7, 11) is 1.69. The second kappa shape index (κ2) is 7.17. The average Bonchev–Trinajstić information content (AvgIpc) is 3.21. The van der Waals surface area contributed by atoms with Crippen molar-refractivity contribution in [2.24, 2.45) is 5.92 Å². The number of halogens is 2. The normalized spacial score (nSPS) is 18.9. The number of aromatic nitrogens is 1. The summed E-state index contributed by atoms with van der Waals surface area (Å²) in [5.74, 6) is -2.29. The summed E-state index contributed by atoms with van der Waals surface area (Å²) in [4.78, 5) is 31.9. The predicted molar refractivity (Wildman–Crippen MR) is 110 cm³/mol. The quantitative estimate of drug-likeness (QED) is 0.693. The van der Waals surface area contributed by atoms with Crippen LogP contribution in [0.15, 0.2) is 33.8 Å². The van der Waals surface area contributed by atoms with Crippen molar-refractivity contribution in [3.63, 3.8) is 0 Å². The van der Waals surface area contributed by atoms with E-state index in [4.69, 9.17) is 4.74 Å². The molecule has 1 atom stereocenters. The van der Waals surface area contributed by atoms with Crippen LogP contribution in [0.3, 0.4) is 0 Å². The summed E-state index contributed by atoms with van der Waals surface area (Å²) in [5.41, 5.74) is 1.70. The largest absolute Gasteiger partial charge is 0.373 e. The summed E-state index contributed by atoms with van der Waals surface area (Å²) in [6.45, 7) is 1.63. The van der Waals surface area contributed by atoms with Gasteiger partial charge in [0.1, 0.15) is 0 Å². The van der Waals surface area contributed by atoms with Gasteiger partial charge in [-0.2, -0.15) is 11.3 Å². The lowest BCUT2D eigenvalue weighted by molar-refractivity contribution is -0.139. The number of ether oxygens (including phenoxy) is 1. The van der Waals surface area contributed by atoms with E-state index in [-0.39, 0.29) is 30.4 Å². The number of aromatic amines is 1. The number of anilines is 1. The van der Waals surface area contributed by atoms with Gasteiger partial charge in [-0.15, -0.1) is 0 Å². The van der Waals surface area contributed by atoms with Gasteiger partial charge in [-0.25, -0.2) is 8.78 Å². The molecule has 1 N–H and O–H groups in total. The predicted octanol–water partition coefficient (Wildman–Crippen LogP) is 3.03. The van der Waals surface area contributed by atoms with Crippen LogP contribution in [0.2, 0.25) is 0 Å². The SMILES string of the molecule is CN(C(=O)C1CN(c2ccsc2)C1)[C@@H]1COCc2[nH]c(=O)c3cc(F)c(F)cc3c21. The molecule has 2 aromatic heterocycles. The Kier molecular flexibility index (Phi) is 4.59. The first-order valence-electron chi connectivity index (χ1n) is 9.59. The minimum atomic E-state index is -1.08. The van der Waals surface area contributed by atoms with Crippen molar-refractivity contribution in [3.8, 4) is 0 Å². The maximum atomic E-state index is 14.0. The molecule has 156 valence electrons. The smallest absolute Gasteiger partial charge is 0.256 e. The first-order chi connectivity index (χ1) is 14.4. The van der Waals surface area contributed by atoms with Crippen LogP contribution in [0, 0.1) is 17.6 Å². The number of H-pyrrole nitrogens is 1. The van der Waals surface area contributed by atoms with Crippen LogP contribution in [0.25, 0.3) is 10.8 Å². The molecule has 1 amide bonds. The zero-order valence-corrected chi connectivity index (χ0v) is 17.0. The summed E-state index contributed by atoms with van der Waals surface area (Å²) in [6, 6.07) is 3.47. The van der Waals surface area contributed by atoms with Crippen molar-refractivity contribution in [3.05, 3.63) is 62.2 Å². The Bertz CT molecular complexity index is 1190. The lowest BCUT2D eigenvalue weighted by atomic mass is 9.93. The van der Waals surface area contributed by atoms with E-state index in [0.29, 0.717) is 29.7 Å². The number of carbonyl (C=O) groups excluding carboxylic acids is 1. The van der Waals surface area contributed by atoms with E-state index in [1.807, 2.05) is 16.8 Å². The van der Waals surface area contributed by atoms with Crippen molar-refractivity contribution in [2.75, 3.05) is 31.6 Å². The molecule has 1 aromatic carbocycles. The molecule has 30 heavy (non-hydrogen) atoms. The third-order valence-electron chi connectivity index (χ3n) is 5.96. The van der Waals surface area contributed by atoms with E-state index in [0.717, 1.165) is 17.8 Å². The summed E-state index contributed by atoms with van der Waals surface area (Å²) >= 11 is 1.61. The number of benzene rings is 1. The molecule has 2 aliphatic rings. The van der Waals surface area contributed by atoms with Gasteiger partial charge in [0.05, 0.1) is 30.6 Å². The van der Waals surface area contributed by atoms with Crippen molar-refractivity contribution in [1.82, 2.24) is 9.88 Å². The third kappa shape index (κ3) is 3.00. The Morgan fingerprint density at radius 1 is 1.27 bits per heavy atom. The van der Waals surface area contributed by atoms with Crippen LogP contribution < -0.4 is 10.5 Å². The van der Waals surface area contributed by atoms with Crippen molar-refractivity contribution >= 4 is 33.7 Å². The Morgan fingerprint density at radius 2 is 2.00 bits per heavy atom. The zero-order chi connectivity index (χ0) is 21.0. The zero-order valence-electron chi connectivity index (χ0n) is 16.2. The maximum Gasteiger partial charge on any atom is 0.256 e. The van der Waals surface area contributed by atoms with Gasteiger partial charge in [0.25, 0.3) is 5.56 Å². The Hall–Kier alpha value is -2.78. The van der Waals surface area contributed by atoms with Gasteiger partial charge in [-0.1, -0.05) is 0 Å². The van der Waals surface area contributed by atoms with E-state index in [9.17, 15) is 18.4 Å². The number of hydrogen-bond acceptors (Lipinski definition) is 5. The first-order valence-corrected chi connectivity index (χ1v) is 10.5. The van der Waals surface area contributed by atoms with E-state index in [1.165, 1.54) is 0 Å². The highest BCUT2D eigenvalue weighted by molar-refractivity contribution is 7.08.